The van der Waals surface area contributed by atoms with Gasteiger partial charge in [0.1, 0.15) is 17.3 Å². The van der Waals surface area contributed by atoms with Gasteiger partial charge in [-0.2, -0.15) is 0 Å². The van der Waals surface area contributed by atoms with Crippen molar-refractivity contribution < 1.29 is 8.78 Å². The maximum absolute atomic E-state index is 14.0. The van der Waals surface area contributed by atoms with E-state index in [1.165, 1.54) is 12.1 Å². The molecule has 0 aliphatic carbocycles. The summed E-state index contributed by atoms with van der Waals surface area (Å²) < 4.78 is 28.1. The SMILES string of the molecule is CN1CCC(N(C)c2c(F)cc(CCl)cc2F)CC1. The third-order valence-corrected chi connectivity index (χ3v) is 4.13. The molecule has 2 nitrogen and oxygen atoms in total. The van der Waals surface area contributed by atoms with Crippen molar-refractivity contribution in [2.75, 3.05) is 32.1 Å². The van der Waals surface area contributed by atoms with Crippen LogP contribution in [0.15, 0.2) is 12.1 Å². The molecule has 1 fully saturated rings. The van der Waals surface area contributed by atoms with Crippen LogP contribution in [0.3, 0.4) is 0 Å². The van der Waals surface area contributed by atoms with Gasteiger partial charge in [0.15, 0.2) is 0 Å². The Morgan fingerprint density at radius 3 is 2.26 bits per heavy atom. The molecule has 1 aromatic carbocycles. The lowest BCUT2D eigenvalue weighted by Crippen LogP contribution is -2.42. The number of hydrogen-bond donors (Lipinski definition) is 0. The molecule has 106 valence electrons. The van der Waals surface area contributed by atoms with Crippen LogP contribution in [-0.2, 0) is 5.88 Å². The third kappa shape index (κ3) is 3.18. The lowest BCUT2D eigenvalue weighted by molar-refractivity contribution is 0.252. The zero-order valence-electron chi connectivity index (χ0n) is 11.3. The van der Waals surface area contributed by atoms with Crippen LogP contribution >= 0.6 is 11.6 Å². The Labute approximate surface area is 117 Å². The fourth-order valence-corrected chi connectivity index (χ4v) is 2.75. The molecule has 0 spiro atoms. The number of anilines is 1. The summed E-state index contributed by atoms with van der Waals surface area (Å²) in [6, 6.07) is 2.82. The van der Waals surface area contributed by atoms with Crippen molar-refractivity contribution in [2.24, 2.45) is 0 Å². The van der Waals surface area contributed by atoms with Crippen LogP contribution in [0.4, 0.5) is 14.5 Å². The van der Waals surface area contributed by atoms with Gasteiger partial charge < -0.3 is 9.80 Å². The molecular formula is C14H19ClF2N2. The lowest BCUT2D eigenvalue weighted by atomic mass is 10.0. The molecule has 1 saturated heterocycles. The first-order valence-corrected chi connectivity index (χ1v) is 7.01. The second kappa shape index (κ2) is 6.06. The van der Waals surface area contributed by atoms with Gasteiger partial charge in [0.25, 0.3) is 0 Å². The van der Waals surface area contributed by atoms with Crippen molar-refractivity contribution in [3.05, 3.63) is 29.3 Å². The zero-order chi connectivity index (χ0) is 14.0. The monoisotopic (exact) mass is 288 g/mol. The van der Waals surface area contributed by atoms with Crippen LogP contribution in [0.2, 0.25) is 0 Å². The molecule has 0 N–H and O–H groups in total. The largest absolute Gasteiger partial charge is 0.367 e. The van der Waals surface area contributed by atoms with Crippen LogP contribution in [0.25, 0.3) is 0 Å². The highest BCUT2D eigenvalue weighted by Gasteiger charge is 2.25. The molecular weight excluding hydrogens is 270 g/mol. The Kier molecular flexibility index (Phi) is 4.63. The maximum atomic E-state index is 14.0. The number of benzene rings is 1. The van der Waals surface area contributed by atoms with Gasteiger partial charge in [-0.05, 0) is 50.7 Å². The minimum Gasteiger partial charge on any atom is -0.367 e. The molecule has 5 heteroatoms. The van der Waals surface area contributed by atoms with Crippen LogP contribution in [0, 0.1) is 11.6 Å². The number of hydrogen-bond acceptors (Lipinski definition) is 2. The summed E-state index contributed by atoms with van der Waals surface area (Å²) >= 11 is 5.62. The van der Waals surface area contributed by atoms with Crippen molar-refractivity contribution in [1.82, 2.24) is 4.90 Å². The van der Waals surface area contributed by atoms with Gasteiger partial charge >= 0.3 is 0 Å². The number of halogens is 3. The molecule has 0 amide bonds. The molecule has 1 aliphatic rings. The molecule has 1 aliphatic heterocycles. The van der Waals surface area contributed by atoms with E-state index in [2.05, 4.69) is 11.9 Å². The summed E-state index contributed by atoms with van der Waals surface area (Å²) in [5, 5.41) is 0. The Hall–Kier alpha value is -0.870. The standard InChI is InChI=1S/C14H19ClF2N2/c1-18-5-3-11(4-6-18)19(2)14-12(16)7-10(9-15)8-13(14)17/h7-8,11H,3-6,9H2,1-2H3. The van der Waals surface area contributed by atoms with Gasteiger partial charge in [0.2, 0.25) is 0 Å². The number of nitrogens with zero attached hydrogens (tertiary/aromatic N) is 2. The third-order valence-electron chi connectivity index (χ3n) is 3.82. The average Bonchev–Trinajstić information content (AvgIpc) is 2.38. The highest BCUT2D eigenvalue weighted by Crippen LogP contribution is 2.28. The van der Waals surface area contributed by atoms with Crippen molar-refractivity contribution in [3.63, 3.8) is 0 Å². The molecule has 0 atom stereocenters. The molecule has 0 unspecified atom stereocenters. The van der Waals surface area contributed by atoms with Gasteiger partial charge in [0.05, 0.1) is 0 Å². The first-order valence-electron chi connectivity index (χ1n) is 6.48. The molecule has 0 aromatic heterocycles. The van der Waals surface area contributed by atoms with E-state index in [9.17, 15) is 8.78 Å². The lowest BCUT2D eigenvalue weighted by Gasteiger charge is -2.36. The Bertz CT molecular complexity index is 422. The summed E-state index contributed by atoms with van der Waals surface area (Å²) in [5.74, 6) is -0.944. The molecule has 0 radical (unpaired) electrons. The highest BCUT2D eigenvalue weighted by atomic mass is 35.5. The molecule has 0 saturated carbocycles. The van der Waals surface area contributed by atoms with Crippen molar-refractivity contribution in [1.29, 1.82) is 0 Å². The van der Waals surface area contributed by atoms with E-state index in [0.29, 0.717) is 5.56 Å². The van der Waals surface area contributed by atoms with Gasteiger partial charge in [-0.1, -0.05) is 0 Å². The average molecular weight is 289 g/mol. The molecule has 1 aromatic rings. The minimum atomic E-state index is -0.530. The van der Waals surface area contributed by atoms with E-state index in [0.717, 1.165) is 25.9 Å². The van der Waals surface area contributed by atoms with E-state index >= 15 is 0 Å². The number of alkyl halides is 1. The summed E-state index contributed by atoms with van der Waals surface area (Å²) in [6.45, 7) is 1.91. The Morgan fingerprint density at radius 2 is 1.79 bits per heavy atom. The summed E-state index contributed by atoms with van der Waals surface area (Å²) in [5.41, 5.74) is 0.528. The van der Waals surface area contributed by atoms with E-state index < -0.39 is 11.6 Å². The smallest absolute Gasteiger partial charge is 0.149 e. The number of rotatable bonds is 3. The van der Waals surface area contributed by atoms with Crippen LogP contribution in [0.5, 0.6) is 0 Å². The van der Waals surface area contributed by atoms with E-state index in [1.54, 1.807) is 11.9 Å². The van der Waals surface area contributed by atoms with E-state index in [-0.39, 0.29) is 17.6 Å². The maximum Gasteiger partial charge on any atom is 0.149 e. The Balaban J connectivity index is 2.21. The summed E-state index contributed by atoms with van der Waals surface area (Å²) in [6.07, 6.45) is 1.84. The van der Waals surface area contributed by atoms with Gasteiger partial charge in [-0.15, -0.1) is 11.6 Å². The number of likely N-dealkylation sites (tertiary alicyclic amines) is 1. The first kappa shape index (κ1) is 14.5. The highest BCUT2D eigenvalue weighted by molar-refractivity contribution is 6.17. The van der Waals surface area contributed by atoms with Crippen molar-refractivity contribution in [2.45, 2.75) is 24.8 Å². The second-order valence-electron chi connectivity index (χ2n) is 5.19. The predicted molar refractivity (Wildman–Crippen MR) is 74.8 cm³/mol. The molecule has 0 bridgehead atoms. The fourth-order valence-electron chi connectivity index (χ4n) is 2.60. The number of piperidine rings is 1. The Morgan fingerprint density at radius 1 is 1.26 bits per heavy atom. The summed E-state index contributed by atoms with van der Waals surface area (Å²) in [7, 11) is 3.82. The van der Waals surface area contributed by atoms with Crippen LogP contribution in [-0.4, -0.2) is 38.1 Å². The minimum absolute atomic E-state index is 0.0587. The molecule has 19 heavy (non-hydrogen) atoms. The summed E-state index contributed by atoms with van der Waals surface area (Å²) in [4.78, 5) is 3.96. The fraction of sp³-hybridized carbons (Fsp3) is 0.571. The first-order chi connectivity index (χ1) is 9.02. The predicted octanol–water partition coefficient (Wildman–Crippen LogP) is 3.23. The molecule has 2 rings (SSSR count). The van der Waals surface area contributed by atoms with Crippen LogP contribution in [0.1, 0.15) is 18.4 Å². The second-order valence-corrected chi connectivity index (χ2v) is 5.45. The van der Waals surface area contributed by atoms with Gasteiger partial charge in [-0.25, -0.2) is 8.78 Å². The van der Waals surface area contributed by atoms with Crippen molar-refractivity contribution in [3.8, 4) is 0 Å². The van der Waals surface area contributed by atoms with Crippen LogP contribution < -0.4 is 4.90 Å². The van der Waals surface area contributed by atoms with Crippen molar-refractivity contribution >= 4 is 17.3 Å². The quantitative estimate of drug-likeness (QED) is 0.788. The topological polar surface area (TPSA) is 6.48 Å². The van der Waals surface area contributed by atoms with Gasteiger partial charge in [0, 0.05) is 19.0 Å². The van der Waals surface area contributed by atoms with E-state index in [1.807, 2.05) is 0 Å². The van der Waals surface area contributed by atoms with E-state index in [4.69, 9.17) is 11.6 Å². The normalized spacial score (nSPS) is 17.7. The molecule has 1 heterocycles. The zero-order valence-corrected chi connectivity index (χ0v) is 12.1. The van der Waals surface area contributed by atoms with Gasteiger partial charge in [-0.3, -0.25) is 0 Å².